The van der Waals surface area contributed by atoms with E-state index in [0.29, 0.717) is 29.7 Å². The molecule has 0 aliphatic heterocycles. The normalized spacial score (nSPS) is 11.5. The van der Waals surface area contributed by atoms with Crippen LogP contribution in [0.2, 0.25) is 0 Å². The maximum atomic E-state index is 13.8. The van der Waals surface area contributed by atoms with Crippen molar-refractivity contribution in [2.75, 3.05) is 16.4 Å². The van der Waals surface area contributed by atoms with Crippen LogP contribution in [0.4, 0.5) is 39.5 Å². The Morgan fingerprint density at radius 1 is 1.03 bits per heavy atom. The van der Waals surface area contributed by atoms with Gasteiger partial charge in [0.1, 0.15) is 5.82 Å². The molecule has 0 saturated carbocycles. The van der Waals surface area contributed by atoms with E-state index >= 15 is 0 Å². The highest BCUT2D eigenvalue weighted by molar-refractivity contribution is 6.03. The van der Waals surface area contributed by atoms with Gasteiger partial charge in [0.15, 0.2) is 5.82 Å². The third kappa shape index (κ3) is 4.07. The minimum atomic E-state index is -4.66. The van der Waals surface area contributed by atoms with E-state index in [1.807, 2.05) is 19.1 Å². The highest BCUT2D eigenvalue weighted by Crippen LogP contribution is 2.34. The van der Waals surface area contributed by atoms with Gasteiger partial charge in [-0.1, -0.05) is 24.3 Å². The number of carbonyl (C=O) groups excluding carboxylic acids is 1. The maximum Gasteiger partial charge on any atom is 0.416 e. The van der Waals surface area contributed by atoms with Gasteiger partial charge < -0.3 is 16.4 Å². The summed E-state index contributed by atoms with van der Waals surface area (Å²) < 4.78 is 52.3. The molecule has 1 aromatic heterocycles. The number of alkyl halides is 3. The largest absolute Gasteiger partial charge is 0.416 e. The molecule has 10 heteroatoms. The average Bonchev–Trinajstić information content (AvgIpc) is 3.12. The third-order valence-corrected chi connectivity index (χ3v) is 4.95. The van der Waals surface area contributed by atoms with Crippen LogP contribution in [0.15, 0.2) is 54.6 Å². The van der Waals surface area contributed by atoms with Crippen molar-refractivity contribution >= 4 is 34.1 Å². The van der Waals surface area contributed by atoms with E-state index in [-0.39, 0.29) is 0 Å². The molecule has 4 rings (SSSR count). The summed E-state index contributed by atoms with van der Waals surface area (Å²) in [6, 6.07) is 11.5. The predicted octanol–water partition coefficient (Wildman–Crippen LogP) is 5.92. The summed E-state index contributed by atoms with van der Waals surface area (Å²) in [7, 11) is 0. The summed E-state index contributed by atoms with van der Waals surface area (Å²) >= 11 is 0. The van der Waals surface area contributed by atoms with Crippen LogP contribution >= 0.6 is 0 Å². The molecule has 0 bridgehead atoms. The van der Waals surface area contributed by atoms with Crippen LogP contribution in [-0.4, -0.2) is 16.2 Å². The fraction of sp³-hybridized carbons (Fsp3) is 0.0909. The number of hydrogen-bond acceptors (Lipinski definition) is 3. The van der Waals surface area contributed by atoms with Gasteiger partial charge in [-0.25, -0.2) is 9.18 Å². The van der Waals surface area contributed by atoms with Crippen molar-refractivity contribution in [1.29, 1.82) is 0 Å². The van der Waals surface area contributed by atoms with Crippen LogP contribution in [0.25, 0.3) is 22.0 Å². The fourth-order valence-electron chi connectivity index (χ4n) is 3.34. The van der Waals surface area contributed by atoms with E-state index in [1.165, 1.54) is 0 Å². The molecule has 2 amide bonds. The number of H-pyrrole nitrogens is 1. The Morgan fingerprint density at radius 3 is 2.44 bits per heavy atom. The van der Waals surface area contributed by atoms with Crippen LogP contribution in [0.1, 0.15) is 11.1 Å². The lowest BCUT2D eigenvalue weighted by Crippen LogP contribution is -2.20. The third-order valence-electron chi connectivity index (χ3n) is 4.95. The molecular formula is C22H17F4N5O. The van der Waals surface area contributed by atoms with Crippen molar-refractivity contribution in [1.82, 2.24) is 10.2 Å². The number of nitrogens with two attached hydrogens (primary N) is 1. The molecule has 5 N–H and O–H groups in total. The van der Waals surface area contributed by atoms with Gasteiger partial charge in [-0.3, -0.25) is 5.10 Å². The van der Waals surface area contributed by atoms with Gasteiger partial charge in [-0.05, 0) is 53.9 Å². The first-order valence-corrected chi connectivity index (χ1v) is 9.42. The number of aromatic amines is 1. The fourth-order valence-corrected chi connectivity index (χ4v) is 3.34. The molecule has 1 heterocycles. The Labute approximate surface area is 179 Å². The van der Waals surface area contributed by atoms with Crippen LogP contribution < -0.4 is 16.4 Å². The first-order chi connectivity index (χ1) is 15.1. The van der Waals surface area contributed by atoms with Crippen molar-refractivity contribution < 1.29 is 22.4 Å². The second-order valence-corrected chi connectivity index (χ2v) is 7.14. The van der Waals surface area contributed by atoms with Crippen molar-refractivity contribution in [2.24, 2.45) is 0 Å². The number of amides is 2. The number of aromatic nitrogens is 2. The molecule has 0 aliphatic carbocycles. The zero-order valence-corrected chi connectivity index (χ0v) is 16.6. The highest BCUT2D eigenvalue weighted by Gasteiger charge is 2.31. The van der Waals surface area contributed by atoms with Gasteiger partial charge >= 0.3 is 12.2 Å². The predicted molar refractivity (Wildman–Crippen MR) is 115 cm³/mol. The van der Waals surface area contributed by atoms with Gasteiger partial charge in [0, 0.05) is 5.69 Å². The molecule has 3 aromatic carbocycles. The Kier molecular flexibility index (Phi) is 5.21. The van der Waals surface area contributed by atoms with E-state index in [2.05, 4.69) is 20.8 Å². The summed E-state index contributed by atoms with van der Waals surface area (Å²) in [5, 5.41) is 12.3. The molecule has 6 nitrogen and oxygen atoms in total. The molecular weight excluding hydrogens is 426 g/mol. The zero-order valence-electron chi connectivity index (χ0n) is 16.6. The van der Waals surface area contributed by atoms with Gasteiger partial charge in [-0.15, -0.1) is 0 Å². The van der Waals surface area contributed by atoms with Crippen molar-refractivity contribution in [3.8, 4) is 11.1 Å². The Bertz CT molecular complexity index is 1310. The van der Waals surface area contributed by atoms with E-state index in [9.17, 15) is 22.4 Å². The summed E-state index contributed by atoms with van der Waals surface area (Å²) in [6.45, 7) is 1.93. The molecule has 32 heavy (non-hydrogen) atoms. The van der Waals surface area contributed by atoms with Gasteiger partial charge in [0.25, 0.3) is 0 Å². The van der Waals surface area contributed by atoms with Crippen LogP contribution in [0.3, 0.4) is 0 Å². The second kappa shape index (κ2) is 7.88. The molecule has 0 saturated heterocycles. The monoisotopic (exact) mass is 443 g/mol. The first-order valence-electron chi connectivity index (χ1n) is 9.42. The molecule has 0 unspecified atom stereocenters. The Morgan fingerprint density at radius 2 is 1.75 bits per heavy atom. The summed E-state index contributed by atoms with van der Waals surface area (Å²) in [5.41, 5.74) is 8.19. The van der Waals surface area contributed by atoms with E-state index in [0.717, 1.165) is 27.6 Å². The first kappa shape index (κ1) is 21.2. The Balaban J connectivity index is 1.52. The number of nitrogens with zero attached hydrogens (tertiary/aromatic N) is 1. The molecule has 0 atom stereocenters. The Hall–Kier alpha value is -4.08. The number of carbonyl (C=O) groups is 1. The number of benzene rings is 3. The lowest BCUT2D eigenvalue weighted by atomic mass is 9.99. The lowest BCUT2D eigenvalue weighted by Gasteiger charge is -2.12. The minimum absolute atomic E-state index is 0.363. The second-order valence-electron chi connectivity index (χ2n) is 7.14. The molecule has 0 aliphatic rings. The van der Waals surface area contributed by atoms with E-state index < -0.39 is 29.3 Å². The number of halogens is 4. The number of aryl methyl sites for hydroxylation is 1. The molecule has 4 aromatic rings. The molecule has 0 radical (unpaired) electrons. The summed E-state index contributed by atoms with van der Waals surface area (Å²) in [6.07, 6.45) is -4.66. The summed E-state index contributed by atoms with van der Waals surface area (Å²) in [5.74, 6) is -0.618. The van der Waals surface area contributed by atoms with E-state index in [4.69, 9.17) is 5.73 Å². The van der Waals surface area contributed by atoms with Crippen molar-refractivity contribution in [3.05, 3.63) is 71.5 Å². The highest BCUT2D eigenvalue weighted by atomic mass is 19.4. The standard InChI is InChI=1S/C22H17F4N5O/c1-11-2-8-15(18-19(11)30-31-20(18)27)12-3-6-14(7-4-12)28-21(32)29-17-10-13(22(24,25)26)5-9-16(17)23/h2-10H,1H3,(H3,27,30,31)(H2,28,29,32). The number of hydrogen-bond donors (Lipinski definition) is 4. The van der Waals surface area contributed by atoms with Gasteiger partial charge in [-0.2, -0.15) is 18.3 Å². The molecule has 0 fully saturated rings. The number of urea groups is 1. The van der Waals surface area contributed by atoms with Crippen LogP contribution in [-0.2, 0) is 6.18 Å². The number of nitrogen functional groups attached to an aromatic ring is 1. The SMILES string of the molecule is Cc1ccc(-c2ccc(NC(=O)Nc3cc(C(F)(F)F)ccc3F)cc2)c2c(N)n[nH]c12. The average molecular weight is 443 g/mol. The quantitative estimate of drug-likeness (QED) is 0.296. The number of fused-ring (bicyclic) bond motifs is 1. The number of rotatable bonds is 3. The van der Waals surface area contributed by atoms with Gasteiger partial charge in [0.05, 0.1) is 22.2 Å². The number of anilines is 3. The van der Waals surface area contributed by atoms with Crippen LogP contribution in [0, 0.1) is 12.7 Å². The maximum absolute atomic E-state index is 13.8. The van der Waals surface area contributed by atoms with Crippen molar-refractivity contribution in [2.45, 2.75) is 13.1 Å². The number of nitrogens with one attached hydrogen (secondary N) is 3. The minimum Gasteiger partial charge on any atom is -0.382 e. The summed E-state index contributed by atoms with van der Waals surface area (Å²) in [4.78, 5) is 12.2. The zero-order chi connectivity index (χ0) is 23.0. The van der Waals surface area contributed by atoms with Crippen molar-refractivity contribution in [3.63, 3.8) is 0 Å². The van der Waals surface area contributed by atoms with Gasteiger partial charge in [0.2, 0.25) is 0 Å². The lowest BCUT2D eigenvalue weighted by molar-refractivity contribution is -0.137. The van der Waals surface area contributed by atoms with Crippen LogP contribution in [0.5, 0.6) is 0 Å². The molecule has 0 spiro atoms. The molecule has 164 valence electrons. The van der Waals surface area contributed by atoms with E-state index in [1.54, 1.807) is 24.3 Å². The topological polar surface area (TPSA) is 95.8 Å². The smallest absolute Gasteiger partial charge is 0.382 e.